The fourth-order valence-corrected chi connectivity index (χ4v) is 6.62. The summed E-state index contributed by atoms with van der Waals surface area (Å²) in [6, 6.07) is -0.867. The van der Waals surface area contributed by atoms with Crippen LogP contribution in [-0.2, 0) is 19.1 Å². The molecule has 0 aromatic heterocycles. The molecule has 0 saturated carbocycles. The van der Waals surface area contributed by atoms with Crippen molar-refractivity contribution < 1.29 is 24.2 Å². The zero-order chi connectivity index (χ0) is 24.7. The van der Waals surface area contributed by atoms with Crippen molar-refractivity contribution in [3.63, 3.8) is 0 Å². The molecule has 0 radical (unpaired) electrons. The van der Waals surface area contributed by atoms with E-state index in [4.69, 9.17) is 4.74 Å². The number of likely N-dealkylation sites (tertiary alicyclic amines) is 1. The van der Waals surface area contributed by atoms with Crippen molar-refractivity contribution in [3.05, 3.63) is 25.3 Å². The molecule has 3 amide bonds. The van der Waals surface area contributed by atoms with E-state index in [0.29, 0.717) is 25.9 Å². The molecule has 8 nitrogen and oxygen atoms in total. The molecule has 3 aliphatic rings. The third kappa shape index (κ3) is 4.17. The maximum Gasteiger partial charge on any atom is 0.249 e. The Morgan fingerprint density at radius 1 is 1.27 bits per heavy atom. The number of amides is 3. The number of alkyl halides is 1. The number of aliphatic hydroxyl groups is 1. The van der Waals surface area contributed by atoms with Crippen LogP contribution in [-0.4, -0.2) is 98.9 Å². The minimum Gasteiger partial charge on any atom is -0.396 e. The predicted molar refractivity (Wildman–Crippen MR) is 129 cm³/mol. The fourth-order valence-electron chi connectivity index (χ4n) is 5.68. The largest absolute Gasteiger partial charge is 0.396 e. The fraction of sp³-hybridized carbons (Fsp3) is 0.708. The van der Waals surface area contributed by atoms with Crippen LogP contribution in [0.3, 0.4) is 0 Å². The van der Waals surface area contributed by atoms with E-state index in [1.54, 1.807) is 33.9 Å². The number of fused-ring (bicyclic) bond motifs is 1. The Labute approximate surface area is 204 Å². The van der Waals surface area contributed by atoms with Gasteiger partial charge in [-0.3, -0.25) is 14.4 Å². The van der Waals surface area contributed by atoms with Crippen LogP contribution < -0.4 is 0 Å². The van der Waals surface area contributed by atoms with Gasteiger partial charge in [0.15, 0.2) is 0 Å². The SMILES string of the molecule is C=CCN(C)C(=O)[C@H]1[C@H]2C(=O)N(CCCO)C(C(=O)N(CC=C)C(C)(C)C)C23CC(Br)[C@@H]1O3. The first kappa shape index (κ1) is 25.9. The number of ether oxygens (including phenoxy) is 1. The molecule has 0 aromatic rings. The molecule has 33 heavy (non-hydrogen) atoms. The summed E-state index contributed by atoms with van der Waals surface area (Å²) in [5, 5.41) is 9.45. The molecule has 184 valence electrons. The van der Waals surface area contributed by atoms with Gasteiger partial charge in [0, 0.05) is 43.7 Å². The smallest absolute Gasteiger partial charge is 0.249 e. The number of rotatable bonds is 9. The number of carbonyl (C=O) groups excluding carboxylic acids is 3. The molecule has 3 rings (SSSR count). The van der Waals surface area contributed by atoms with Crippen LogP contribution in [0.1, 0.15) is 33.6 Å². The molecule has 0 aliphatic carbocycles. The topological polar surface area (TPSA) is 90.4 Å². The van der Waals surface area contributed by atoms with E-state index in [1.165, 1.54) is 0 Å². The summed E-state index contributed by atoms with van der Waals surface area (Å²) in [6.45, 7) is 14.1. The highest BCUT2D eigenvalue weighted by atomic mass is 79.9. The first-order valence-electron chi connectivity index (χ1n) is 11.5. The molecule has 2 bridgehead atoms. The number of nitrogens with zero attached hydrogens (tertiary/aromatic N) is 3. The second kappa shape index (κ2) is 9.50. The van der Waals surface area contributed by atoms with Crippen molar-refractivity contribution in [2.45, 2.75) is 61.7 Å². The van der Waals surface area contributed by atoms with Crippen LogP contribution in [0.2, 0.25) is 0 Å². The number of hydrogen-bond donors (Lipinski definition) is 1. The van der Waals surface area contributed by atoms with Crippen molar-refractivity contribution >= 4 is 33.7 Å². The Balaban J connectivity index is 2.09. The number of aliphatic hydroxyl groups excluding tert-OH is 1. The van der Waals surface area contributed by atoms with E-state index in [-0.39, 0.29) is 35.7 Å². The van der Waals surface area contributed by atoms with Gasteiger partial charge in [0.2, 0.25) is 17.7 Å². The molecule has 3 unspecified atom stereocenters. The summed E-state index contributed by atoms with van der Waals surface area (Å²) in [4.78, 5) is 45.9. The van der Waals surface area contributed by atoms with Crippen molar-refractivity contribution in [3.8, 4) is 0 Å². The number of likely N-dealkylation sites (N-methyl/N-ethyl adjacent to an activating group) is 1. The minimum atomic E-state index is -1.09. The Bertz CT molecular complexity index is 827. The van der Waals surface area contributed by atoms with Crippen LogP contribution in [0, 0.1) is 11.8 Å². The molecular weight excluding hydrogens is 490 g/mol. The van der Waals surface area contributed by atoms with Gasteiger partial charge in [0.1, 0.15) is 11.6 Å². The van der Waals surface area contributed by atoms with Gasteiger partial charge in [-0.25, -0.2) is 0 Å². The van der Waals surface area contributed by atoms with Crippen LogP contribution in [0.5, 0.6) is 0 Å². The average Bonchev–Trinajstić information content (AvgIpc) is 3.32. The van der Waals surface area contributed by atoms with Crippen molar-refractivity contribution in [2.24, 2.45) is 11.8 Å². The molecule has 3 saturated heterocycles. The Morgan fingerprint density at radius 2 is 1.91 bits per heavy atom. The highest BCUT2D eigenvalue weighted by Crippen LogP contribution is 2.60. The summed E-state index contributed by atoms with van der Waals surface area (Å²) in [5.74, 6) is -2.07. The molecule has 6 atom stereocenters. The van der Waals surface area contributed by atoms with E-state index >= 15 is 0 Å². The lowest BCUT2D eigenvalue weighted by molar-refractivity contribution is -0.151. The average molecular weight is 526 g/mol. The summed E-state index contributed by atoms with van der Waals surface area (Å²) in [6.07, 6.45) is 3.62. The zero-order valence-corrected chi connectivity index (χ0v) is 21.6. The monoisotopic (exact) mass is 525 g/mol. The van der Waals surface area contributed by atoms with Crippen molar-refractivity contribution in [2.75, 3.05) is 33.3 Å². The zero-order valence-electron chi connectivity index (χ0n) is 20.0. The second-order valence-electron chi connectivity index (χ2n) is 10.2. The molecule has 3 heterocycles. The Hall–Kier alpha value is -1.71. The highest BCUT2D eigenvalue weighted by molar-refractivity contribution is 9.09. The van der Waals surface area contributed by atoms with E-state index < -0.39 is 35.1 Å². The highest BCUT2D eigenvalue weighted by Gasteiger charge is 2.76. The lowest BCUT2D eigenvalue weighted by Crippen LogP contribution is -2.60. The minimum absolute atomic E-state index is 0.104. The summed E-state index contributed by atoms with van der Waals surface area (Å²) in [5.41, 5.74) is -1.60. The molecule has 0 aromatic carbocycles. The van der Waals surface area contributed by atoms with Crippen LogP contribution in [0.25, 0.3) is 0 Å². The summed E-state index contributed by atoms with van der Waals surface area (Å²) in [7, 11) is 1.68. The van der Waals surface area contributed by atoms with E-state index in [0.717, 1.165) is 0 Å². The molecule has 9 heteroatoms. The molecule has 3 fully saturated rings. The van der Waals surface area contributed by atoms with Gasteiger partial charge >= 0.3 is 0 Å². The van der Waals surface area contributed by atoms with Gasteiger partial charge < -0.3 is 24.5 Å². The predicted octanol–water partition coefficient (Wildman–Crippen LogP) is 1.57. The third-order valence-electron chi connectivity index (χ3n) is 7.03. The first-order chi connectivity index (χ1) is 15.5. The van der Waals surface area contributed by atoms with Gasteiger partial charge in [-0.05, 0) is 33.6 Å². The lowest BCUT2D eigenvalue weighted by Gasteiger charge is -2.42. The van der Waals surface area contributed by atoms with Gasteiger partial charge in [-0.2, -0.15) is 0 Å². The second-order valence-corrected chi connectivity index (χ2v) is 11.4. The molecular formula is C24H36BrN3O5. The number of hydrogen-bond acceptors (Lipinski definition) is 5. The van der Waals surface area contributed by atoms with Crippen molar-refractivity contribution in [1.29, 1.82) is 0 Å². The summed E-state index contributed by atoms with van der Waals surface area (Å²) >= 11 is 3.67. The number of carbonyl (C=O) groups is 3. The number of halogens is 1. The molecule has 1 N–H and O–H groups in total. The maximum atomic E-state index is 14.1. The molecule has 3 aliphatic heterocycles. The Kier molecular flexibility index (Phi) is 7.46. The first-order valence-corrected chi connectivity index (χ1v) is 12.4. The van der Waals surface area contributed by atoms with Crippen LogP contribution in [0.4, 0.5) is 0 Å². The standard InChI is InChI=1S/C24H36BrN3O5/c1-7-10-26(6)20(30)16-17-21(31)27(12-9-13-29)19(24(17)14-15(25)18(16)33-24)22(32)28(11-8-2)23(3,4)5/h7-8,15-19,29H,1-2,9-14H2,3-6H3/t15?,16-,17-,18-,19?,24?/m0/s1. The normalized spacial score (nSPS) is 32.6. The quantitative estimate of drug-likeness (QED) is 0.364. The Morgan fingerprint density at radius 3 is 2.45 bits per heavy atom. The maximum absolute atomic E-state index is 14.1. The van der Waals surface area contributed by atoms with Gasteiger partial charge in [-0.15, -0.1) is 13.2 Å². The third-order valence-corrected chi connectivity index (χ3v) is 7.88. The van der Waals surface area contributed by atoms with Crippen LogP contribution >= 0.6 is 15.9 Å². The van der Waals surface area contributed by atoms with Crippen molar-refractivity contribution in [1.82, 2.24) is 14.7 Å². The van der Waals surface area contributed by atoms with E-state index in [9.17, 15) is 19.5 Å². The van der Waals surface area contributed by atoms with Gasteiger partial charge in [0.05, 0.1) is 17.9 Å². The van der Waals surface area contributed by atoms with E-state index in [1.807, 2.05) is 20.8 Å². The van der Waals surface area contributed by atoms with Gasteiger partial charge in [0.25, 0.3) is 0 Å². The van der Waals surface area contributed by atoms with E-state index in [2.05, 4.69) is 29.1 Å². The van der Waals surface area contributed by atoms with Crippen LogP contribution in [0.15, 0.2) is 25.3 Å². The van der Waals surface area contributed by atoms with Gasteiger partial charge in [-0.1, -0.05) is 28.1 Å². The molecule has 1 spiro atoms. The summed E-state index contributed by atoms with van der Waals surface area (Å²) < 4.78 is 6.50. The lowest BCUT2D eigenvalue weighted by atomic mass is 9.70.